The Hall–Kier alpha value is -3.49. The minimum atomic E-state index is -0.739. The van der Waals surface area contributed by atoms with Crippen LogP contribution >= 0.6 is 0 Å². The van der Waals surface area contributed by atoms with E-state index < -0.39 is 28.5 Å². The molecule has 0 bridgehead atoms. The Morgan fingerprint density at radius 2 is 1.72 bits per heavy atom. The van der Waals surface area contributed by atoms with Crippen LogP contribution in [-0.2, 0) is 20.1 Å². The number of rotatable bonds is 4. The van der Waals surface area contributed by atoms with Crippen LogP contribution in [0.2, 0.25) is 0 Å². The van der Waals surface area contributed by atoms with Gasteiger partial charge in [0.15, 0.2) is 0 Å². The minimum absolute atomic E-state index is 0.0412. The van der Waals surface area contributed by atoms with E-state index in [0.29, 0.717) is 5.56 Å². The highest BCUT2D eigenvalue weighted by molar-refractivity contribution is 6.11. The number of carbonyl (C=O) groups excluding carboxylic acids is 1. The second kappa shape index (κ2) is 7.50. The van der Waals surface area contributed by atoms with Crippen LogP contribution in [0, 0.1) is 12.7 Å². The fourth-order valence-electron chi connectivity index (χ4n) is 3.32. The fraction of sp³-hybridized carbons (Fsp3) is 0.300. The molecule has 0 aliphatic carbocycles. The molecule has 2 heterocycles. The molecule has 152 valence electrons. The third-order valence-corrected chi connectivity index (χ3v) is 4.88. The number of pyridine rings is 1. The molecule has 0 unspecified atom stereocenters. The molecule has 1 amide bonds. The molecule has 0 spiro atoms. The number of nitrogens with one attached hydrogen (secondary N) is 1. The summed E-state index contributed by atoms with van der Waals surface area (Å²) in [6.45, 7) is 5.25. The molecule has 0 saturated heterocycles. The number of aromatic nitrogens is 3. The van der Waals surface area contributed by atoms with Crippen molar-refractivity contribution in [3.05, 3.63) is 72.4 Å². The van der Waals surface area contributed by atoms with E-state index in [0.717, 1.165) is 16.7 Å². The zero-order valence-electron chi connectivity index (χ0n) is 16.6. The van der Waals surface area contributed by atoms with Gasteiger partial charge in [-0.15, -0.1) is 0 Å². The SMILES string of the molecule is CCn1c(=O)c2c(C(=O)Nc3ccc(C)c(F)c3)cc(=O)n(CC)c2n(C)c1=O. The number of benzene rings is 1. The Balaban J connectivity index is 2.32. The van der Waals surface area contributed by atoms with Gasteiger partial charge in [-0.1, -0.05) is 6.07 Å². The maximum atomic E-state index is 13.8. The maximum Gasteiger partial charge on any atom is 0.332 e. The van der Waals surface area contributed by atoms with Gasteiger partial charge in [-0.25, -0.2) is 9.18 Å². The van der Waals surface area contributed by atoms with Crippen LogP contribution < -0.4 is 22.1 Å². The number of carbonyl (C=O) groups is 1. The summed E-state index contributed by atoms with van der Waals surface area (Å²) in [4.78, 5) is 51.0. The van der Waals surface area contributed by atoms with Crippen molar-refractivity contribution in [2.45, 2.75) is 33.9 Å². The van der Waals surface area contributed by atoms with Gasteiger partial charge in [-0.05, 0) is 38.5 Å². The van der Waals surface area contributed by atoms with Crippen LogP contribution in [0.5, 0.6) is 0 Å². The third kappa shape index (κ3) is 3.28. The van der Waals surface area contributed by atoms with Crippen molar-refractivity contribution < 1.29 is 9.18 Å². The first kappa shape index (κ1) is 20.2. The van der Waals surface area contributed by atoms with Crippen LogP contribution in [0.15, 0.2) is 38.6 Å². The lowest BCUT2D eigenvalue weighted by molar-refractivity contribution is 0.102. The summed E-state index contributed by atoms with van der Waals surface area (Å²) < 4.78 is 17.3. The van der Waals surface area contributed by atoms with E-state index >= 15 is 0 Å². The molecule has 3 rings (SSSR count). The number of amides is 1. The lowest BCUT2D eigenvalue weighted by Crippen LogP contribution is -2.42. The second-order valence-corrected chi connectivity index (χ2v) is 6.65. The highest BCUT2D eigenvalue weighted by Gasteiger charge is 2.22. The van der Waals surface area contributed by atoms with Gasteiger partial charge in [-0.3, -0.25) is 28.1 Å². The van der Waals surface area contributed by atoms with Crippen molar-refractivity contribution in [2.75, 3.05) is 5.32 Å². The Labute approximate surface area is 164 Å². The van der Waals surface area contributed by atoms with Crippen LogP contribution in [0.4, 0.5) is 10.1 Å². The highest BCUT2D eigenvalue weighted by atomic mass is 19.1. The number of hydrogen-bond acceptors (Lipinski definition) is 4. The van der Waals surface area contributed by atoms with Gasteiger partial charge < -0.3 is 5.32 Å². The van der Waals surface area contributed by atoms with Crippen LogP contribution in [0.25, 0.3) is 11.0 Å². The number of nitrogens with zero attached hydrogens (tertiary/aromatic N) is 3. The van der Waals surface area contributed by atoms with Crippen LogP contribution in [0.3, 0.4) is 0 Å². The molecular weight excluding hydrogens is 379 g/mol. The van der Waals surface area contributed by atoms with Crippen molar-refractivity contribution in [1.29, 1.82) is 0 Å². The molecule has 0 saturated carbocycles. The summed E-state index contributed by atoms with van der Waals surface area (Å²) >= 11 is 0. The lowest BCUT2D eigenvalue weighted by Gasteiger charge is -2.16. The van der Waals surface area contributed by atoms with Gasteiger partial charge in [0.1, 0.15) is 11.5 Å². The Kier molecular flexibility index (Phi) is 5.23. The largest absolute Gasteiger partial charge is 0.332 e. The molecule has 0 atom stereocenters. The first-order chi connectivity index (χ1) is 13.7. The first-order valence-electron chi connectivity index (χ1n) is 9.16. The van der Waals surface area contributed by atoms with Crippen molar-refractivity contribution >= 4 is 22.6 Å². The molecule has 29 heavy (non-hydrogen) atoms. The number of anilines is 1. The number of fused-ring (bicyclic) bond motifs is 1. The van der Waals surface area contributed by atoms with E-state index in [9.17, 15) is 23.6 Å². The van der Waals surface area contributed by atoms with Gasteiger partial charge >= 0.3 is 5.69 Å². The van der Waals surface area contributed by atoms with Crippen LogP contribution in [-0.4, -0.2) is 19.6 Å². The lowest BCUT2D eigenvalue weighted by atomic mass is 10.1. The summed E-state index contributed by atoms with van der Waals surface area (Å²) in [5, 5.41) is 2.48. The van der Waals surface area contributed by atoms with Crippen LogP contribution in [0.1, 0.15) is 29.8 Å². The number of halogens is 1. The van der Waals surface area contributed by atoms with Gasteiger partial charge in [0.25, 0.3) is 17.0 Å². The molecular formula is C20H21FN4O4. The van der Waals surface area contributed by atoms with Gasteiger partial charge in [0.2, 0.25) is 0 Å². The highest BCUT2D eigenvalue weighted by Crippen LogP contribution is 2.17. The predicted octanol–water partition coefficient (Wildman–Crippen LogP) is 1.60. The average Bonchev–Trinajstić information content (AvgIpc) is 2.68. The normalized spacial score (nSPS) is 11.1. The van der Waals surface area contributed by atoms with Crippen molar-refractivity contribution in [1.82, 2.24) is 13.7 Å². The molecule has 1 aromatic carbocycles. The Morgan fingerprint density at radius 3 is 2.31 bits per heavy atom. The van der Waals surface area contributed by atoms with Gasteiger partial charge in [-0.2, -0.15) is 0 Å². The van der Waals surface area contributed by atoms with Crippen molar-refractivity contribution in [2.24, 2.45) is 7.05 Å². The summed E-state index contributed by atoms with van der Waals surface area (Å²) in [5.41, 5.74) is -1.26. The average molecular weight is 400 g/mol. The van der Waals surface area contributed by atoms with E-state index in [2.05, 4.69) is 5.32 Å². The second-order valence-electron chi connectivity index (χ2n) is 6.65. The Morgan fingerprint density at radius 1 is 1.07 bits per heavy atom. The quantitative estimate of drug-likeness (QED) is 0.720. The zero-order chi connectivity index (χ0) is 21.5. The fourth-order valence-corrected chi connectivity index (χ4v) is 3.32. The standard InChI is InChI=1S/C20H21FN4O4/c1-5-24-15(26)10-13(17(27)22-12-8-7-11(3)14(21)9-12)16-18(24)23(4)20(29)25(6-2)19(16)28/h7-10H,5-6H2,1-4H3,(H,22,27). The van der Waals surface area contributed by atoms with Gasteiger partial charge in [0.05, 0.1) is 10.9 Å². The molecule has 0 aliphatic rings. The smallest absolute Gasteiger partial charge is 0.322 e. The topological polar surface area (TPSA) is 95.1 Å². The molecule has 0 radical (unpaired) electrons. The Bertz CT molecular complexity index is 1320. The molecule has 9 heteroatoms. The molecule has 0 aliphatic heterocycles. The van der Waals surface area contributed by atoms with E-state index in [1.54, 1.807) is 20.8 Å². The van der Waals surface area contributed by atoms with E-state index in [1.165, 1.54) is 28.3 Å². The molecule has 8 nitrogen and oxygen atoms in total. The van der Waals surface area contributed by atoms with Crippen molar-refractivity contribution in [3.63, 3.8) is 0 Å². The molecule has 2 aromatic heterocycles. The molecule has 1 N–H and O–H groups in total. The monoisotopic (exact) mass is 400 g/mol. The first-order valence-corrected chi connectivity index (χ1v) is 9.16. The predicted molar refractivity (Wildman–Crippen MR) is 108 cm³/mol. The minimum Gasteiger partial charge on any atom is -0.322 e. The van der Waals surface area contributed by atoms with E-state index in [4.69, 9.17) is 0 Å². The maximum absolute atomic E-state index is 13.8. The summed E-state index contributed by atoms with van der Waals surface area (Å²) in [6, 6.07) is 5.25. The van der Waals surface area contributed by atoms with E-state index in [-0.39, 0.29) is 35.4 Å². The number of aryl methyl sites for hydroxylation is 3. The molecule has 3 aromatic rings. The van der Waals surface area contributed by atoms with Crippen molar-refractivity contribution in [3.8, 4) is 0 Å². The number of hydrogen-bond donors (Lipinski definition) is 1. The molecule has 0 fully saturated rings. The summed E-state index contributed by atoms with van der Waals surface area (Å²) in [6.07, 6.45) is 0. The summed E-state index contributed by atoms with van der Waals surface area (Å²) in [7, 11) is 1.44. The summed E-state index contributed by atoms with van der Waals surface area (Å²) in [5.74, 6) is -1.23. The van der Waals surface area contributed by atoms with E-state index in [1.807, 2.05) is 0 Å². The third-order valence-electron chi connectivity index (χ3n) is 4.88. The van der Waals surface area contributed by atoms with Gasteiger partial charge in [0, 0.05) is 31.9 Å². The zero-order valence-corrected chi connectivity index (χ0v) is 16.6.